The fourth-order valence-corrected chi connectivity index (χ4v) is 1.56. The molecule has 0 amide bonds. The Bertz CT molecular complexity index is 497. The summed E-state index contributed by atoms with van der Waals surface area (Å²) in [4.78, 5) is 8.78. The number of ether oxygens (including phenoxy) is 1. The van der Waals surface area contributed by atoms with Gasteiger partial charge in [0.2, 0.25) is 5.95 Å². The van der Waals surface area contributed by atoms with Gasteiger partial charge in [-0.1, -0.05) is 6.92 Å². The zero-order valence-corrected chi connectivity index (χ0v) is 10.7. The quantitative estimate of drug-likeness (QED) is 0.641. The summed E-state index contributed by atoms with van der Waals surface area (Å²) in [5.41, 5.74) is 0.725. The van der Waals surface area contributed by atoms with Crippen molar-refractivity contribution in [1.82, 2.24) is 20.2 Å². The molecule has 0 fully saturated rings. The lowest BCUT2D eigenvalue weighted by Crippen LogP contribution is -2.11. The van der Waals surface area contributed by atoms with Crippen LogP contribution in [-0.2, 0) is 4.74 Å². The summed E-state index contributed by atoms with van der Waals surface area (Å²) >= 11 is 0. The molecule has 0 radical (unpaired) electrons. The number of hydrogen-bond donors (Lipinski definition) is 3. The number of aromatic amines is 1. The van der Waals surface area contributed by atoms with E-state index in [9.17, 15) is 0 Å². The molecule has 0 atom stereocenters. The van der Waals surface area contributed by atoms with E-state index in [1.54, 1.807) is 13.3 Å². The van der Waals surface area contributed by atoms with E-state index in [0.717, 1.165) is 29.8 Å². The van der Waals surface area contributed by atoms with Crippen molar-refractivity contribution in [2.45, 2.75) is 13.3 Å². The lowest BCUT2D eigenvalue weighted by molar-refractivity contribution is 0.210. The minimum absolute atomic E-state index is 0.605. The van der Waals surface area contributed by atoms with Gasteiger partial charge in [0.25, 0.3) is 0 Å². The van der Waals surface area contributed by atoms with E-state index in [4.69, 9.17) is 4.74 Å². The van der Waals surface area contributed by atoms with Gasteiger partial charge in [-0.05, 0) is 6.42 Å². The Morgan fingerprint density at radius 2 is 2.17 bits per heavy atom. The molecule has 0 saturated heterocycles. The maximum absolute atomic E-state index is 5.01. The number of H-pyrrole nitrogens is 1. The van der Waals surface area contributed by atoms with Crippen molar-refractivity contribution in [3.8, 4) is 0 Å². The summed E-state index contributed by atoms with van der Waals surface area (Å²) in [6.07, 6.45) is 2.74. The molecule has 7 nitrogen and oxygen atoms in total. The fourth-order valence-electron chi connectivity index (χ4n) is 1.56. The smallest absolute Gasteiger partial charge is 0.226 e. The summed E-state index contributed by atoms with van der Waals surface area (Å²) in [6, 6.07) is 0. The molecule has 0 saturated carbocycles. The summed E-state index contributed by atoms with van der Waals surface area (Å²) in [5, 5.41) is 14.1. The predicted molar refractivity (Wildman–Crippen MR) is 70.8 cm³/mol. The molecule has 0 aromatic carbocycles. The highest BCUT2D eigenvalue weighted by molar-refractivity contribution is 5.86. The van der Waals surface area contributed by atoms with Crippen molar-refractivity contribution in [2.75, 3.05) is 37.4 Å². The molecule has 0 aliphatic carbocycles. The van der Waals surface area contributed by atoms with Gasteiger partial charge in [-0.25, -0.2) is 0 Å². The summed E-state index contributed by atoms with van der Waals surface area (Å²) in [5.74, 6) is 1.37. The lowest BCUT2D eigenvalue weighted by Gasteiger charge is -2.08. The molecule has 2 aromatic rings. The largest absolute Gasteiger partial charge is 0.383 e. The van der Waals surface area contributed by atoms with Crippen LogP contribution in [0, 0.1) is 0 Å². The Morgan fingerprint density at radius 1 is 1.28 bits per heavy atom. The van der Waals surface area contributed by atoms with Crippen LogP contribution in [-0.4, -0.2) is 47.0 Å². The standard InChI is InChI=1S/C11H18N6O/c1-3-4-13-11-15-9(12-5-6-18-2)8-7-14-17-10(8)16-11/h7H,3-6H2,1-2H3,(H3,12,13,14,15,16,17). The third-order valence-electron chi connectivity index (χ3n) is 2.44. The molecule has 0 aliphatic heterocycles. The second kappa shape index (κ2) is 6.15. The summed E-state index contributed by atoms with van der Waals surface area (Å²) in [6.45, 7) is 4.26. The van der Waals surface area contributed by atoms with Gasteiger partial charge in [-0.2, -0.15) is 15.1 Å². The Kier molecular flexibility index (Phi) is 4.30. The lowest BCUT2D eigenvalue weighted by atomic mass is 10.4. The Hall–Kier alpha value is -1.89. The van der Waals surface area contributed by atoms with Crippen molar-refractivity contribution in [2.24, 2.45) is 0 Å². The number of nitrogens with zero attached hydrogens (tertiary/aromatic N) is 3. The number of rotatable bonds is 7. The first-order valence-corrected chi connectivity index (χ1v) is 6.03. The van der Waals surface area contributed by atoms with Crippen LogP contribution in [0.3, 0.4) is 0 Å². The van der Waals surface area contributed by atoms with Gasteiger partial charge >= 0.3 is 0 Å². The van der Waals surface area contributed by atoms with Crippen molar-refractivity contribution in [3.05, 3.63) is 6.20 Å². The van der Waals surface area contributed by atoms with Crippen molar-refractivity contribution < 1.29 is 4.74 Å². The Labute approximate surface area is 105 Å². The van der Waals surface area contributed by atoms with Gasteiger partial charge in [-0.3, -0.25) is 5.10 Å². The molecule has 0 bridgehead atoms. The number of anilines is 2. The van der Waals surface area contributed by atoms with Crippen LogP contribution in [0.25, 0.3) is 11.0 Å². The van der Waals surface area contributed by atoms with Gasteiger partial charge in [0.05, 0.1) is 18.2 Å². The molecule has 0 spiro atoms. The van der Waals surface area contributed by atoms with E-state index in [2.05, 4.69) is 37.7 Å². The van der Waals surface area contributed by atoms with Crippen LogP contribution >= 0.6 is 0 Å². The zero-order valence-electron chi connectivity index (χ0n) is 10.7. The number of aromatic nitrogens is 4. The van der Waals surface area contributed by atoms with Crippen LogP contribution in [0.15, 0.2) is 6.20 Å². The van der Waals surface area contributed by atoms with Crippen LogP contribution in [0.1, 0.15) is 13.3 Å². The van der Waals surface area contributed by atoms with Crippen molar-refractivity contribution in [3.63, 3.8) is 0 Å². The monoisotopic (exact) mass is 250 g/mol. The first-order chi connectivity index (χ1) is 8.85. The van der Waals surface area contributed by atoms with Gasteiger partial charge in [-0.15, -0.1) is 0 Å². The molecule has 3 N–H and O–H groups in total. The van der Waals surface area contributed by atoms with Crippen LogP contribution < -0.4 is 10.6 Å². The average molecular weight is 250 g/mol. The van der Waals surface area contributed by atoms with Gasteiger partial charge in [0.15, 0.2) is 5.65 Å². The molecule has 2 aromatic heterocycles. The molecule has 2 rings (SSSR count). The Balaban J connectivity index is 2.21. The number of nitrogens with one attached hydrogen (secondary N) is 3. The van der Waals surface area contributed by atoms with Crippen molar-refractivity contribution in [1.29, 1.82) is 0 Å². The summed E-state index contributed by atoms with van der Waals surface area (Å²) < 4.78 is 5.01. The van der Waals surface area contributed by atoms with E-state index in [-0.39, 0.29) is 0 Å². The highest BCUT2D eigenvalue weighted by Crippen LogP contribution is 2.19. The molecule has 7 heteroatoms. The first-order valence-electron chi connectivity index (χ1n) is 6.03. The van der Waals surface area contributed by atoms with Gasteiger partial charge in [0.1, 0.15) is 5.82 Å². The molecule has 2 heterocycles. The SMILES string of the molecule is CCCNc1nc(NCCOC)c2cn[nH]c2n1. The number of methoxy groups -OCH3 is 1. The maximum Gasteiger partial charge on any atom is 0.226 e. The van der Waals surface area contributed by atoms with Gasteiger partial charge in [0, 0.05) is 20.2 Å². The topological polar surface area (TPSA) is 87.8 Å². The highest BCUT2D eigenvalue weighted by atomic mass is 16.5. The van der Waals surface area contributed by atoms with Gasteiger partial charge < -0.3 is 15.4 Å². The number of fused-ring (bicyclic) bond motifs is 1. The predicted octanol–water partition coefficient (Wildman–Crippen LogP) is 1.23. The van der Waals surface area contributed by atoms with Crippen LogP contribution in [0.5, 0.6) is 0 Å². The average Bonchev–Trinajstić information content (AvgIpc) is 2.85. The maximum atomic E-state index is 5.01. The molecule has 18 heavy (non-hydrogen) atoms. The normalized spacial score (nSPS) is 10.8. The Morgan fingerprint density at radius 3 is 2.94 bits per heavy atom. The van der Waals surface area contributed by atoms with E-state index in [1.165, 1.54) is 0 Å². The van der Waals surface area contributed by atoms with Crippen molar-refractivity contribution >= 4 is 22.8 Å². The number of hydrogen-bond acceptors (Lipinski definition) is 6. The molecule has 0 unspecified atom stereocenters. The third kappa shape index (κ3) is 2.86. The van der Waals surface area contributed by atoms with Crippen LogP contribution in [0.2, 0.25) is 0 Å². The highest BCUT2D eigenvalue weighted by Gasteiger charge is 2.08. The molecular weight excluding hydrogens is 232 g/mol. The molecule has 98 valence electrons. The van der Waals surface area contributed by atoms with Crippen LogP contribution in [0.4, 0.5) is 11.8 Å². The minimum atomic E-state index is 0.605. The molecular formula is C11H18N6O. The molecule has 0 aliphatic rings. The third-order valence-corrected chi connectivity index (χ3v) is 2.44. The second-order valence-electron chi connectivity index (χ2n) is 3.87. The van der Waals surface area contributed by atoms with E-state index < -0.39 is 0 Å². The van der Waals surface area contributed by atoms with E-state index in [0.29, 0.717) is 19.1 Å². The zero-order chi connectivity index (χ0) is 12.8. The second-order valence-corrected chi connectivity index (χ2v) is 3.87. The van der Waals surface area contributed by atoms with E-state index in [1.807, 2.05) is 0 Å². The summed E-state index contributed by atoms with van der Waals surface area (Å²) in [7, 11) is 1.67. The minimum Gasteiger partial charge on any atom is -0.383 e. The first kappa shape index (κ1) is 12.6. The van der Waals surface area contributed by atoms with E-state index >= 15 is 0 Å². The fraction of sp³-hybridized carbons (Fsp3) is 0.545.